The van der Waals surface area contributed by atoms with Crippen LogP contribution in [0, 0.1) is 19.8 Å². The number of Topliss-reactive ketones (excluding diaryl/α,β-unsaturated/α-hetero) is 1. The van der Waals surface area contributed by atoms with Gasteiger partial charge in [0.05, 0.1) is 6.61 Å². The van der Waals surface area contributed by atoms with E-state index in [0.717, 1.165) is 30.0 Å². The fraction of sp³-hybridized carbons (Fsp3) is 0.400. The molecule has 5 nitrogen and oxygen atoms in total. The first-order valence-corrected chi connectivity index (χ1v) is 8.63. The minimum atomic E-state index is -0.105. The number of para-hydroxylation sites is 1. The van der Waals surface area contributed by atoms with Crippen LogP contribution in [-0.4, -0.2) is 36.4 Å². The minimum Gasteiger partial charge on any atom is -0.381 e. The van der Waals surface area contributed by atoms with E-state index in [4.69, 9.17) is 4.74 Å². The van der Waals surface area contributed by atoms with Gasteiger partial charge in [-0.15, -0.1) is 0 Å². The Bertz CT molecular complexity index is 774. The van der Waals surface area contributed by atoms with E-state index in [0.29, 0.717) is 30.3 Å². The van der Waals surface area contributed by atoms with Gasteiger partial charge in [0.25, 0.3) is 5.91 Å². The Kier molecular flexibility index (Phi) is 5.04. The molecule has 3 rings (SSSR count). The zero-order valence-corrected chi connectivity index (χ0v) is 15.0. The average molecular weight is 340 g/mol. The lowest BCUT2D eigenvalue weighted by Gasteiger charge is -2.25. The molecule has 0 radical (unpaired) electrons. The summed E-state index contributed by atoms with van der Waals surface area (Å²) in [5, 5.41) is 0. The van der Waals surface area contributed by atoms with Crippen molar-refractivity contribution >= 4 is 17.4 Å². The lowest BCUT2D eigenvalue weighted by Crippen LogP contribution is -2.36. The topological polar surface area (TPSA) is 62.4 Å². The fourth-order valence-corrected chi connectivity index (χ4v) is 3.53. The van der Waals surface area contributed by atoms with Crippen molar-refractivity contribution in [1.82, 2.24) is 4.98 Å². The molecule has 0 aliphatic carbocycles. The van der Waals surface area contributed by atoms with Crippen LogP contribution in [0.5, 0.6) is 0 Å². The van der Waals surface area contributed by atoms with Gasteiger partial charge in [-0.05, 0) is 44.9 Å². The monoisotopic (exact) mass is 340 g/mol. The van der Waals surface area contributed by atoms with E-state index in [9.17, 15) is 9.59 Å². The lowest BCUT2D eigenvalue weighted by molar-refractivity contribution is 0.0976. The molecule has 25 heavy (non-hydrogen) atoms. The second-order valence-corrected chi connectivity index (χ2v) is 6.66. The summed E-state index contributed by atoms with van der Waals surface area (Å²) in [5.41, 5.74) is 3.42. The summed E-state index contributed by atoms with van der Waals surface area (Å²) >= 11 is 0. The third kappa shape index (κ3) is 3.51. The van der Waals surface area contributed by atoms with Crippen LogP contribution in [0.2, 0.25) is 0 Å². The molecule has 5 heteroatoms. The van der Waals surface area contributed by atoms with Gasteiger partial charge in [0.15, 0.2) is 5.78 Å². The van der Waals surface area contributed by atoms with Crippen LogP contribution < -0.4 is 4.90 Å². The van der Waals surface area contributed by atoms with Gasteiger partial charge >= 0.3 is 0 Å². The molecular formula is C20H24N2O3. The number of ether oxygens (including phenoxy) is 1. The number of ketones is 1. The van der Waals surface area contributed by atoms with Crippen molar-refractivity contribution in [1.29, 1.82) is 0 Å². The molecular weight excluding hydrogens is 316 g/mol. The summed E-state index contributed by atoms with van der Waals surface area (Å²) in [6, 6.07) is 9.65. The maximum Gasteiger partial charge on any atom is 0.274 e. The number of aromatic nitrogens is 1. The Hall–Kier alpha value is -2.40. The summed E-state index contributed by atoms with van der Waals surface area (Å²) < 4.78 is 5.47. The standard InChI is InChI=1S/C20H24N2O3/c1-13-18(15(3)23)14(2)21-19(13)20(24)22(11-16-9-10-25-12-16)17-7-5-4-6-8-17/h4-8,16,21H,9-12H2,1-3H3/t16-/m0/s1. The minimum absolute atomic E-state index is 0.0271. The maximum absolute atomic E-state index is 13.3. The first-order chi connectivity index (χ1) is 12.0. The quantitative estimate of drug-likeness (QED) is 0.847. The van der Waals surface area contributed by atoms with Crippen LogP contribution in [0.3, 0.4) is 0 Å². The smallest absolute Gasteiger partial charge is 0.274 e. The van der Waals surface area contributed by atoms with Gasteiger partial charge in [-0.1, -0.05) is 18.2 Å². The van der Waals surface area contributed by atoms with E-state index in [2.05, 4.69) is 4.98 Å². The van der Waals surface area contributed by atoms with Crippen LogP contribution in [0.4, 0.5) is 5.69 Å². The molecule has 1 aromatic carbocycles. The molecule has 1 amide bonds. The van der Waals surface area contributed by atoms with E-state index in [1.54, 1.807) is 4.90 Å². The van der Waals surface area contributed by atoms with Crippen molar-refractivity contribution in [3.63, 3.8) is 0 Å². The Morgan fingerprint density at radius 1 is 1.24 bits per heavy atom. The van der Waals surface area contributed by atoms with Crippen molar-refractivity contribution in [2.75, 3.05) is 24.7 Å². The molecule has 1 atom stereocenters. The summed E-state index contributed by atoms with van der Waals surface area (Å²) in [7, 11) is 0. The molecule has 1 aromatic heterocycles. The number of carbonyl (C=O) groups is 2. The van der Waals surface area contributed by atoms with Crippen molar-refractivity contribution in [2.24, 2.45) is 5.92 Å². The first-order valence-electron chi connectivity index (χ1n) is 8.63. The first kappa shape index (κ1) is 17.4. The van der Waals surface area contributed by atoms with E-state index < -0.39 is 0 Å². The number of nitrogens with one attached hydrogen (secondary N) is 1. The average Bonchev–Trinajstić information content (AvgIpc) is 3.20. The van der Waals surface area contributed by atoms with E-state index in [-0.39, 0.29) is 11.7 Å². The maximum atomic E-state index is 13.3. The van der Waals surface area contributed by atoms with Crippen LogP contribution in [-0.2, 0) is 4.74 Å². The highest BCUT2D eigenvalue weighted by Crippen LogP contribution is 2.25. The van der Waals surface area contributed by atoms with Crippen molar-refractivity contribution in [2.45, 2.75) is 27.2 Å². The Balaban J connectivity index is 1.96. The molecule has 1 N–H and O–H groups in total. The number of anilines is 1. The van der Waals surface area contributed by atoms with Crippen molar-refractivity contribution < 1.29 is 14.3 Å². The summed E-state index contributed by atoms with van der Waals surface area (Å²) in [6.45, 7) is 7.22. The predicted molar refractivity (Wildman–Crippen MR) is 97.3 cm³/mol. The third-order valence-corrected chi connectivity index (χ3v) is 4.78. The van der Waals surface area contributed by atoms with Crippen LogP contribution in [0.25, 0.3) is 0 Å². The number of H-pyrrole nitrogens is 1. The van der Waals surface area contributed by atoms with Crippen LogP contribution >= 0.6 is 0 Å². The molecule has 132 valence electrons. The van der Waals surface area contributed by atoms with Gasteiger partial charge < -0.3 is 14.6 Å². The molecule has 0 bridgehead atoms. The highest BCUT2D eigenvalue weighted by molar-refractivity contribution is 6.08. The Labute approximate surface area is 148 Å². The Morgan fingerprint density at radius 2 is 1.96 bits per heavy atom. The largest absolute Gasteiger partial charge is 0.381 e. The van der Waals surface area contributed by atoms with Crippen LogP contribution in [0.15, 0.2) is 30.3 Å². The number of aryl methyl sites for hydroxylation is 1. The van der Waals surface area contributed by atoms with Gasteiger partial charge in [0, 0.05) is 36.0 Å². The normalized spacial score (nSPS) is 16.8. The number of rotatable bonds is 5. The fourth-order valence-electron chi connectivity index (χ4n) is 3.53. The molecule has 2 heterocycles. The summed E-state index contributed by atoms with van der Waals surface area (Å²) in [4.78, 5) is 30.1. The molecule has 1 aliphatic heterocycles. The van der Waals surface area contributed by atoms with Gasteiger partial charge in [0.1, 0.15) is 5.69 Å². The second kappa shape index (κ2) is 7.23. The highest BCUT2D eigenvalue weighted by Gasteiger charge is 2.28. The zero-order chi connectivity index (χ0) is 18.0. The number of amides is 1. The molecule has 0 unspecified atom stereocenters. The molecule has 1 fully saturated rings. The molecule has 1 saturated heterocycles. The van der Waals surface area contributed by atoms with Gasteiger partial charge in [-0.25, -0.2) is 0 Å². The number of benzene rings is 1. The third-order valence-electron chi connectivity index (χ3n) is 4.78. The number of hydrogen-bond donors (Lipinski definition) is 1. The Morgan fingerprint density at radius 3 is 2.52 bits per heavy atom. The van der Waals surface area contributed by atoms with Gasteiger partial charge in [-0.2, -0.15) is 0 Å². The van der Waals surface area contributed by atoms with Crippen molar-refractivity contribution in [3.8, 4) is 0 Å². The predicted octanol–water partition coefficient (Wildman–Crippen LogP) is 3.52. The second-order valence-electron chi connectivity index (χ2n) is 6.66. The summed E-state index contributed by atoms with van der Waals surface area (Å²) in [5.74, 6) is 0.194. The number of aromatic amines is 1. The molecule has 0 spiro atoms. The molecule has 1 aliphatic rings. The molecule has 0 saturated carbocycles. The van der Waals surface area contributed by atoms with Gasteiger partial charge in [0.2, 0.25) is 0 Å². The highest BCUT2D eigenvalue weighted by atomic mass is 16.5. The number of hydrogen-bond acceptors (Lipinski definition) is 3. The van der Waals surface area contributed by atoms with E-state index in [1.165, 1.54) is 6.92 Å². The van der Waals surface area contributed by atoms with Crippen LogP contribution in [0.1, 0.15) is 45.4 Å². The number of carbonyl (C=O) groups excluding carboxylic acids is 2. The molecule has 2 aromatic rings. The zero-order valence-electron chi connectivity index (χ0n) is 15.0. The SMILES string of the molecule is CC(=O)c1c(C)[nH]c(C(=O)N(C[C@@H]2CCOC2)c2ccccc2)c1C. The lowest BCUT2D eigenvalue weighted by atomic mass is 10.0. The number of nitrogens with zero attached hydrogens (tertiary/aromatic N) is 1. The van der Waals surface area contributed by atoms with E-state index >= 15 is 0 Å². The van der Waals surface area contributed by atoms with Gasteiger partial charge in [-0.3, -0.25) is 9.59 Å². The summed E-state index contributed by atoms with van der Waals surface area (Å²) in [6.07, 6.45) is 0.956. The van der Waals surface area contributed by atoms with Crippen molar-refractivity contribution in [3.05, 3.63) is 52.8 Å². The van der Waals surface area contributed by atoms with E-state index in [1.807, 2.05) is 44.2 Å².